The Morgan fingerprint density at radius 3 is 2.87 bits per heavy atom. The van der Waals surface area contributed by atoms with Crippen molar-refractivity contribution >= 4 is 29.1 Å². The van der Waals surface area contributed by atoms with Crippen molar-refractivity contribution in [2.75, 3.05) is 5.32 Å². The van der Waals surface area contributed by atoms with E-state index < -0.39 is 6.10 Å². The second-order valence-corrected chi connectivity index (χ2v) is 5.64. The van der Waals surface area contributed by atoms with Crippen LogP contribution in [0.25, 0.3) is 0 Å². The number of carbonyl (C=O) groups excluding carboxylic acids is 2. The van der Waals surface area contributed by atoms with Gasteiger partial charge in [0.1, 0.15) is 5.75 Å². The van der Waals surface area contributed by atoms with Crippen LogP contribution in [0.15, 0.2) is 48.5 Å². The number of amides is 2. The molecule has 23 heavy (non-hydrogen) atoms. The molecular formula is C17H15ClN2O3. The quantitative estimate of drug-likeness (QED) is 0.905. The van der Waals surface area contributed by atoms with E-state index in [0.29, 0.717) is 23.0 Å². The monoisotopic (exact) mass is 330 g/mol. The number of benzene rings is 2. The lowest BCUT2D eigenvalue weighted by atomic mass is 10.1. The summed E-state index contributed by atoms with van der Waals surface area (Å²) in [5, 5.41) is 6.11. The van der Waals surface area contributed by atoms with E-state index in [1.54, 1.807) is 30.3 Å². The topological polar surface area (TPSA) is 67.4 Å². The zero-order chi connectivity index (χ0) is 16.2. The molecule has 0 saturated carbocycles. The maximum Gasteiger partial charge on any atom is 0.266 e. The van der Waals surface area contributed by atoms with E-state index >= 15 is 0 Å². The molecule has 0 spiro atoms. The molecule has 1 aliphatic rings. The zero-order valence-corrected chi connectivity index (χ0v) is 13.0. The highest BCUT2D eigenvalue weighted by atomic mass is 35.5. The van der Waals surface area contributed by atoms with Crippen molar-refractivity contribution in [1.82, 2.24) is 5.32 Å². The second kappa shape index (κ2) is 6.71. The highest BCUT2D eigenvalue weighted by molar-refractivity contribution is 6.30. The highest BCUT2D eigenvalue weighted by Crippen LogP contribution is 2.29. The van der Waals surface area contributed by atoms with Crippen molar-refractivity contribution in [3.8, 4) is 5.75 Å². The van der Waals surface area contributed by atoms with Gasteiger partial charge in [0.05, 0.1) is 12.1 Å². The maximum absolute atomic E-state index is 12.0. The van der Waals surface area contributed by atoms with E-state index in [2.05, 4.69) is 10.6 Å². The molecule has 0 aliphatic carbocycles. The molecule has 5 nitrogen and oxygen atoms in total. The molecular weight excluding hydrogens is 316 g/mol. The van der Waals surface area contributed by atoms with Gasteiger partial charge in [-0.25, -0.2) is 0 Å². The zero-order valence-electron chi connectivity index (χ0n) is 12.2. The third-order valence-corrected chi connectivity index (χ3v) is 3.69. The van der Waals surface area contributed by atoms with Crippen LogP contribution in [0.1, 0.15) is 12.0 Å². The molecule has 1 aliphatic heterocycles. The van der Waals surface area contributed by atoms with Crippen LogP contribution < -0.4 is 15.4 Å². The summed E-state index contributed by atoms with van der Waals surface area (Å²) >= 11 is 5.90. The summed E-state index contributed by atoms with van der Waals surface area (Å²) in [6.07, 6.45) is -0.870. The number of halogens is 1. The molecule has 118 valence electrons. The lowest BCUT2D eigenvalue weighted by Crippen LogP contribution is -2.40. The minimum Gasteiger partial charge on any atom is -0.478 e. The van der Waals surface area contributed by atoms with Gasteiger partial charge in [0, 0.05) is 11.6 Å². The first-order valence-electron chi connectivity index (χ1n) is 7.19. The molecule has 2 aromatic carbocycles. The van der Waals surface area contributed by atoms with Crippen LogP contribution in [0.4, 0.5) is 5.69 Å². The predicted octanol–water partition coefficient (Wildman–Crippen LogP) is 2.75. The molecule has 0 saturated heterocycles. The van der Waals surface area contributed by atoms with Crippen molar-refractivity contribution in [3.05, 3.63) is 59.1 Å². The van der Waals surface area contributed by atoms with Gasteiger partial charge in [-0.05, 0) is 29.8 Å². The lowest BCUT2D eigenvalue weighted by molar-refractivity contribution is -0.130. The number of rotatable bonds is 4. The number of nitrogens with one attached hydrogen (secondary N) is 2. The fraction of sp³-hybridized carbons (Fsp3) is 0.176. The van der Waals surface area contributed by atoms with Gasteiger partial charge in [-0.1, -0.05) is 35.9 Å². The van der Waals surface area contributed by atoms with Crippen LogP contribution >= 0.6 is 11.6 Å². The Bertz CT molecular complexity index is 748. The molecule has 0 aromatic heterocycles. The summed E-state index contributed by atoms with van der Waals surface area (Å²) in [5.74, 6) is -0.00847. The Hall–Kier alpha value is -2.53. The van der Waals surface area contributed by atoms with Crippen LogP contribution in [-0.2, 0) is 16.1 Å². The first-order chi connectivity index (χ1) is 11.1. The van der Waals surface area contributed by atoms with Crippen LogP contribution in [0.5, 0.6) is 5.75 Å². The van der Waals surface area contributed by atoms with E-state index in [9.17, 15) is 9.59 Å². The van der Waals surface area contributed by atoms with E-state index in [1.807, 2.05) is 18.2 Å². The Morgan fingerprint density at radius 1 is 1.22 bits per heavy atom. The molecule has 0 fully saturated rings. The van der Waals surface area contributed by atoms with Gasteiger partial charge in [0.2, 0.25) is 5.91 Å². The van der Waals surface area contributed by atoms with Gasteiger partial charge in [-0.15, -0.1) is 0 Å². The fourth-order valence-corrected chi connectivity index (χ4v) is 2.53. The summed E-state index contributed by atoms with van der Waals surface area (Å²) in [7, 11) is 0. The van der Waals surface area contributed by atoms with Gasteiger partial charge < -0.3 is 15.4 Å². The molecule has 2 aromatic rings. The Morgan fingerprint density at radius 2 is 2.04 bits per heavy atom. The standard InChI is InChI=1S/C17H15ClN2O3/c18-12-5-3-4-11(8-12)10-19-16(21)9-15-17(22)20-13-6-1-2-7-14(13)23-15/h1-8,15H,9-10H2,(H,19,21)(H,20,22)/t15-/m0/s1. The van der Waals surface area contributed by atoms with Crippen LogP contribution in [-0.4, -0.2) is 17.9 Å². The Labute approximate surface area is 138 Å². The van der Waals surface area contributed by atoms with Crippen molar-refractivity contribution in [1.29, 1.82) is 0 Å². The van der Waals surface area contributed by atoms with Gasteiger partial charge in [-0.3, -0.25) is 9.59 Å². The van der Waals surface area contributed by atoms with Gasteiger partial charge in [-0.2, -0.15) is 0 Å². The first-order valence-corrected chi connectivity index (χ1v) is 7.57. The molecule has 6 heteroatoms. The third kappa shape index (κ3) is 3.81. The van der Waals surface area contributed by atoms with Crippen LogP contribution in [0, 0.1) is 0 Å². The summed E-state index contributed by atoms with van der Waals surface area (Å²) < 4.78 is 5.59. The van der Waals surface area contributed by atoms with Crippen molar-refractivity contribution in [3.63, 3.8) is 0 Å². The van der Waals surface area contributed by atoms with Gasteiger partial charge in [0.25, 0.3) is 5.91 Å². The number of para-hydroxylation sites is 2. The number of carbonyl (C=O) groups is 2. The largest absolute Gasteiger partial charge is 0.478 e. The first kappa shape index (κ1) is 15.4. The van der Waals surface area contributed by atoms with E-state index in [4.69, 9.17) is 16.3 Å². The van der Waals surface area contributed by atoms with Crippen LogP contribution in [0.3, 0.4) is 0 Å². The summed E-state index contributed by atoms with van der Waals surface area (Å²) in [4.78, 5) is 24.0. The second-order valence-electron chi connectivity index (χ2n) is 5.20. The molecule has 0 radical (unpaired) electrons. The molecule has 1 heterocycles. The maximum atomic E-state index is 12.0. The predicted molar refractivity (Wildman–Crippen MR) is 87.4 cm³/mol. The number of anilines is 1. The van der Waals surface area contributed by atoms with Crippen molar-refractivity contribution < 1.29 is 14.3 Å². The van der Waals surface area contributed by atoms with Crippen molar-refractivity contribution in [2.45, 2.75) is 19.1 Å². The van der Waals surface area contributed by atoms with E-state index in [-0.39, 0.29) is 18.2 Å². The van der Waals surface area contributed by atoms with Crippen LogP contribution in [0.2, 0.25) is 5.02 Å². The summed E-state index contributed by atoms with van der Waals surface area (Å²) in [6, 6.07) is 14.4. The van der Waals surface area contributed by atoms with E-state index in [0.717, 1.165) is 5.56 Å². The normalized spacial score (nSPS) is 16.0. The van der Waals surface area contributed by atoms with Gasteiger partial charge >= 0.3 is 0 Å². The van der Waals surface area contributed by atoms with E-state index in [1.165, 1.54) is 0 Å². The molecule has 1 atom stereocenters. The molecule has 2 amide bonds. The lowest BCUT2D eigenvalue weighted by Gasteiger charge is -2.25. The minimum atomic E-state index is -0.829. The molecule has 2 N–H and O–H groups in total. The molecule has 3 rings (SSSR count). The number of hydrogen-bond donors (Lipinski definition) is 2. The van der Waals surface area contributed by atoms with Crippen molar-refractivity contribution in [2.24, 2.45) is 0 Å². The summed E-state index contributed by atoms with van der Waals surface area (Å²) in [5.41, 5.74) is 1.51. The molecule has 0 bridgehead atoms. The average molecular weight is 331 g/mol. The average Bonchev–Trinajstić information content (AvgIpc) is 2.54. The smallest absolute Gasteiger partial charge is 0.266 e. The number of ether oxygens (including phenoxy) is 1. The fourth-order valence-electron chi connectivity index (χ4n) is 2.32. The minimum absolute atomic E-state index is 0.0409. The Balaban J connectivity index is 1.57. The SMILES string of the molecule is O=C(C[C@@H]1Oc2ccccc2NC1=O)NCc1cccc(Cl)c1. The number of fused-ring (bicyclic) bond motifs is 1. The van der Waals surface area contributed by atoms with Gasteiger partial charge in [0.15, 0.2) is 6.10 Å². The highest BCUT2D eigenvalue weighted by Gasteiger charge is 2.29. The third-order valence-electron chi connectivity index (χ3n) is 3.46. The molecule has 0 unspecified atom stereocenters. The number of hydrogen-bond acceptors (Lipinski definition) is 3. The Kier molecular flexibility index (Phi) is 4.48. The summed E-state index contributed by atoms with van der Waals surface area (Å²) in [6.45, 7) is 0.352.